The third kappa shape index (κ3) is 0.621. The number of pyridine rings is 1. The molecule has 0 bridgehead atoms. The van der Waals surface area contributed by atoms with Crippen molar-refractivity contribution in [3.05, 3.63) is 30.1 Å². The smallest absolute Gasteiger partial charge is 0.211 e. The van der Waals surface area contributed by atoms with Gasteiger partial charge in [0.1, 0.15) is 0 Å². The molecule has 0 atom stereocenters. The maximum Gasteiger partial charge on any atom is 0.211 e. The van der Waals surface area contributed by atoms with E-state index >= 15 is 0 Å². The number of fused-ring (bicyclic) bond motifs is 1. The molecular weight excluding hydrogens is 130 g/mol. The van der Waals surface area contributed by atoms with Crippen LogP contribution in [0.15, 0.2) is 29.2 Å². The highest BCUT2D eigenvalue weighted by Crippen LogP contribution is 1.92. The molecule has 0 spiro atoms. The van der Waals surface area contributed by atoms with Gasteiger partial charge in [0.25, 0.3) is 0 Å². The first-order valence-corrected chi connectivity index (χ1v) is 2.83. The summed E-state index contributed by atoms with van der Waals surface area (Å²) in [6, 6.07) is 3.27. The maximum atomic E-state index is 7.22. The second kappa shape index (κ2) is 1.70. The second-order valence-electron chi connectivity index (χ2n) is 1.94. The number of rotatable bonds is 0. The molecule has 2 heterocycles. The van der Waals surface area contributed by atoms with Gasteiger partial charge < -0.3 is 9.93 Å². The lowest BCUT2D eigenvalue weighted by Gasteiger charge is -1.85. The van der Waals surface area contributed by atoms with Crippen molar-refractivity contribution in [2.24, 2.45) is 0 Å². The third-order valence-electron chi connectivity index (χ3n) is 1.25. The van der Waals surface area contributed by atoms with E-state index in [-0.39, 0.29) is 0 Å². The highest BCUT2D eigenvalue weighted by atomic mass is 16.5. The van der Waals surface area contributed by atoms with Gasteiger partial charge in [-0.2, -0.15) is 9.56 Å². The largest absolute Gasteiger partial charge is 0.361 e. The van der Waals surface area contributed by atoms with E-state index < -0.39 is 0 Å². The van der Waals surface area contributed by atoms with E-state index in [9.17, 15) is 0 Å². The number of hydrogen-bond acceptors (Lipinski definition) is 3. The van der Waals surface area contributed by atoms with Crippen LogP contribution in [-0.2, 0) is 0 Å². The molecule has 1 N–H and O–H groups in total. The van der Waals surface area contributed by atoms with Gasteiger partial charge in [0.2, 0.25) is 6.39 Å². The lowest BCUT2D eigenvalue weighted by molar-refractivity contribution is 0.372. The third-order valence-corrected chi connectivity index (χ3v) is 1.25. The normalized spacial score (nSPS) is 10.4. The van der Waals surface area contributed by atoms with Crippen molar-refractivity contribution in [3.63, 3.8) is 0 Å². The number of hydrogen-bond donors (Lipinski definition) is 1. The number of nitrogens with one attached hydrogen (secondary N) is 1. The fourth-order valence-corrected chi connectivity index (χ4v) is 0.787. The molecule has 50 valence electrons. The van der Waals surface area contributed by atoms with Crippen molar-refractivity contribution in [3.8, 4) is 0 Å². The Morgan fingerprint density at radius 2 is 2.50 bits per heavy atom. The molecule has 0 saturated carbocycles. The van der Waals surface area contributed by atoms with Crippen molar-refractivity contribution in [2.45, 2.75) is 0 Å². The zero-order chi connectivity index (χ0) is 6.97. The van der Waals surface area contributed by atoms with Crippen LogP contribution in [0.3, 0.4) is 0 Å². The van der Waals surface area contributed by atoms with Crippen LogP contribution >= 0.6 is 0 Å². The molecule has 2 aromatic heterocycles. The van der Waals surface area contributed by atoms with Crippen LogP contribution in [0, 0.1) is 5.41 Å². The first kappa shape index (κ1) is 5.22. The zero-order valence-corrected chi connectivity index (χ0v) is 5.11. The van der Waals surface area contributed by atoms with Crippen molar-refractivity contribution < 1.29 is 4.52 Å². The Labute approximate surface area is 56.2 Å². The summed E-state index contributed by atoms with van der Waals surface area (Å²) in [5, 5.41) is 7.66. The van der Waals surface area contributed by atoms with Crippen LogP contribution in [0.1, 0.15) is 0 Å². The van der Waals surface area contributed by atoms with Crippen LogP contribution in [0.4, 0.5) is 0 Å². The second-order valence-corrected chi connectivity index (χ2v) is 1.94. The molecule has 0 aromatic carbocycles. The van der Waals surface area contributed by atoms with E-state index in [2.05, 4.69) is 4.98 Å². The molecule has 2 aromatic rings. The Kier molecular flexibility index (Phi) is 0.887. The van der Waals surface area contributed by atoms with Crippen molar-refractivity contribution in [1.82, 2.24) is 9.56 Å². The SMILES string of the molecule is N=c1ccn2ocnc2c1. The predicted molar refractivity (Wildman–Crippen MR) is 33.3 cm³/mol. The minimum Gasteiger partial charge on any atom is -0.361 e. The van der Waals surface area contributed by atoms with Crippen molar-refractivity contribution in [2.75, 3.05) is 0 Å². The minimum atomic E-state index is 0.439. The molecule has 4 heteroatoms. The van der Waals surface area contributed by atoms with Gasteiger partial charge in [-0.25, -0.2) is 0 Å². The van der Waals surface area contributed by atoms with E-state index in [1.807, 2.05) is 0 Å². The van der Waals surface area contributed by atoms with E-state index in [4.69, 9.17) is 9.93 Å². The summed E-state index contributed by atoms with van der Waals surface area (Å²) in [5.41, 5.74) is 0.660. The topological polar surface area (TPSA) is 54.3 Å². The lowest BCUT2D eigenvalue weighted by Crippen LogP contribution is -1.97. The Balaban J connectivity index is 2.99. The molecule has 0 aliphatic heterocycles. The Morgan fingerprint density at radius 1 is 1.60 bits per heavy atom. The minimum absolute atomic E-state index is 0.439. The standard InChI is InChI=1S/C6H5N3O/c7-5-1-2-9-6(3-5)8-4-10-9/h1-4,7H. The molecule has 0 aliphatic rings. The van der Waals surface area contributed by atoms with Crippen LogP contribution < -0.4 is 5.36 Å². The van der Waals surface area contributed by atoms with Gasteiger partial charge in [-0.1, -0.05) is 0 Å². The van der Waals surface area contributed by atoms with Crippen LogP contribution in [0.2, 0.25) is 0 Å². The summed E-state index contributed by atoms with van der Waals surface area (Å²) in [6.45, 7) is 0. The van der Waals surface area contributed by atoms with E-state index in [1.165, 1.54) is 11.0 Å². The molecule has 0 unspecified atom stereocenters. The van der Waals surface area contributed by atoms with Gasteiger partial charge in [0.15, 0.2) is 5.65 Å². The predicted octanol–water partition coefficient (Wildman–Crippen LogP) is 0.407. The first-order chi connectivity index (χ1) is 4.86. The van der Waals surface area contributed by atoms with Gasteiger partial charge in [0, 0.05) is 12.3 Å². The molecule has 10 heavy (non-hydrogen) atoms. The van der Waals surface area contributed by atoms with Crippen LogP contribution in [-0.4, -0.2) is 9.56 Å². The number of aromatic nitrogens is 2. The summed E-state index contributed by atoms with van der Waals surface area (Å²) in [6.07, 6.45) is 3.00. The van der Waals surface area contributed by atoms with Crippen LogP contribution in [0.25, 0.3) is 5.65 Å². The fourth-order valence-electron chi connectivity index (χ4n) is 0.787. The highest BCUT2D eigenvalue weighted by Gasteiger charge is 1.90. The van der Waals surface area contributed by atoms with Gasteiger partial charge in [-0.15, -0.1) is 0 Å². The van der Waals surface area contributed by atoms with Crippen LogP contribution in [0.5, 0.6) is 0 Å². The molecule has 0 amide bonds. The average Bonchev–Trinajstić information content (AvgIpc) is 2.33. The number of nitrogens with zero attached hydrogens (tertiary/aromatic N) is 2. The zero-order valence-electron chi connectivity index (χ0n) is 5.11. The van der Waals surface area contributed by atoms with E-state index in [1.54, 1.807) is 18.3 Å². The van der Waals surface area contributed by atoms with Crippen molar-refractivity contribution >= 4 is 5.65 Å². The highest BCUT2D eigenvalue weighted by molar-refractivity contribution is 5.33. The van der Waals surface area contributed by atoms with Gasteiger partial charge >= 0.3 is 0 Å². The average molecular weight is 135 g/mol. The molecule has 0 radical (unpaired) electrons. The molecule has 0 saturated heterocycles. The van der Waals surface area contributed by atoms with E-state index in [0.717, 1.165) is 0 Å². The quantitative estimate of drug-likeness (QED) is 0.568. The Morgan fingerprint density at radius 3 is 3.40 bits per heavy atom. The maximum absolute atomic E-state index is 7.22. The first-order valence-electron chi connectivity index (χ1n) is 2.83. The molecule has 4 nitrogen and oxygen atoms in total. The molecular formula is C6H5N3O. The lowest BCUT2D eigenvalue weighted by atomic mass is 10.4. The van der Waals surface area contributed by atoms with E-state index in [0.29, 0.717) is 11.0 Å². The monoisotopic (exact) mass is 135 g/mol. The summed E-state index contributed by atoms with van der Waals surface area (Å²) in [7, 11) is 0. The van der Waals surface area contributed by atoms with Gasteiger partial charge in [0.05, 0.1) is 5.36 Å². The summed E-state index contributed by atoms with van der Waals surface area (Å²) in [5.74, 6) is 0. The Hall–Kier alpha value is -1.58. The fraction of sp³-hybridized carbons (Fsp3) is 0. The molecule has 0 fully saturated rings. The van der Waals surface area contributed by atoms with Crippen molar-refractivity contribution in [1.29, 1.82) is 5.41 Å². The molecule has 0 aliphatic carbocycles. The summed E-state index contributed by atoms with van der Waals surface area (Å²) < 4.78 is 6.39. The molecule has 2 rings (SSSR count). The summed E-state index contributed by atoms with van der Waals surface area (Å²) >= 11 is 0. The van der Waals surface area contributed by atoms with Gasteiger partial charge in [-0.05, 0) is 6.07 Å². The summed E-state index contributed by atoms with van der Waals surface area (Å²) in [4.78, 5) is 3.86. The Bertz CT molecular complexity index is 400. The van der Waals surface area contributed by atoms with Gasteiger partial charge in [-0.3, -0.25) is 0 Å².